The summed E-state index contributed by atoms with van der Waals surface area (Å²) in [5.41, 5.74) is 1.61. The molecule has 116 valence electrons. The predicted molar refractivity (Wildman–Crippen MR) is 97.5 cm³/mol. The number of fused-ring (bicyclic) bond motifs is 1. The third-order valence-electron chi connectivity index (χ3n) is 3.70. The molecule has 0 bridgehead atoms. The second kappa shape index (κ2) is 6.84. The molecule has 3 rings (SSSR count). The average Bonchev–Trinajstić information content (AvgIpc) is 2.59. The minimum Gasteiger partial charge on any atom is -0.496 e. The second-order valence-electron chi connectivity index (χ2n) is 5.15. The van der Waals surface area contributed by atoms with Crippen LogP contribution in [0, 0.1) is 0 Å². The van der Waals surface area contributed by atoms with Gasteiger partial charge in [-0.25, -0.2) is 0 Å². The number of hydrogen-bond acceptors (Lipinski definition) is 3. The molecule has 0 fully saturated rings. The molecular formula is C19H16BrNO2. The van der Waals surface area contributed by atoms with Gasteiger partial charge in [-0.3, -0.25) is 4.79 Å². The molecule has 3 aromatic carbocycles. The summed E-state index contributed by atoms with van der Waals surface area (Å²) in [6.45, 7) is 0.243. The number of rotatable bonds is 5. The van der Waals surface area contributed by atoms with Gasteiger partial charge >= 0.3 is 0 Å². The van der Waals surface area contributed by atoms with E-state index in [4.69, 9.17) is 4.74 Å². The van der Waals surface area contributed by atoms with Gasteiger partial charge in [0.15, 0.2) is 5.78 Å². The molecule has 0 heterocycles. The van der Waals surface area contributed by atoms with Crippen molar-refractivity contribution in [3.05, 3.63) is 70.7 Å². The van der Waals surface area contributed by atoms with Crippen molar-refractivity contribution < 1.29 is 9.53 Å². The summed E-state index contributed by atoms with van der Waals surface area (Å²) in [6, 6.07) is 19.5. The lowest BCUT2D eigenvalue weighted by Crippen LogP contribution is -2.14. The van der Waals surface area contributed by atoms with Crippen molar-refractivity contribution >= 4 is 38.2 Å². The molecule has 0 amide bonds. The van der Waals surface area contributed by atoms with Crippen molar-refractivity contribution in [1.82, 2.24) is 0 Å². The Morgan fingerprint density at radius 2 is 1.87 bits per heavy atom. The first kappa shape index (κ1) is 15.6. The summed E-state index contributed by atoms with van der Waals surface area (Å²) in [4.78, 5) is 12.4. The smallest absolute Gasteiger partial charge is 0.181 e. The lowest BCUT2D eigenvalue weighted by molar-refractivity contribution is 0.101. The number of carbonyl (C=O) groups is 1. The molecular weight excluding hydrogens is 354 g/mol. The van der Waals surface area contributed by atoms with Crippen LogP contribution in [0.1, 0.15) is 10.4 Å². The lowest BCUT2D eigenvalue weighted by Gasteiger charge is -2.10. The SMILES string of the molecule is COc1ccc(C(=O)CNc2cccc3ccccc23)cc1Br. The Labute approximate surface area is 143 Å². The normalized spacial score (nSPS) is 10.5. The number of carbonyl (C=O) groups excluding carboxylic acids is 1. The highest BCUT2D eigenvalue weighted by molar-refractivity contribution is 9.10. The fourth-order valence-corrected chi connectivity index (χ4v) is 3.04. The maximum absolute atomic E-state index is 12.4. The Morgan fingerprint density at radius 1 is 1.09 bits per heavy atom. The molecule has 0 aliphatic rings. The van der Waals surface area contributed by atoms with E-state index in [-0.39, 0.29) is 12.3 Å². The van der Waals surface area contributed by atoms with Crippen LogP contribution in [0.25, 0.3) is 10.8 Å². The minimum absolute atomic E-state index is 0.0290. The van der Waals surface area contributed by atoms with E-state index in [1.807, 2.05) is 30.3 Å². The van der Waals surface area contributed by atoms with Crippen molar-refractivity contribution in [2.24, 2.45) is 0 Å². The van der Waals surface area contributed by atoms with E-state index >= 15 is 0 Å². The van der Waals surface area contributed by atoms with Crippen LogP contribution in [0.3, 0.4) is 0 Å². The zero-order chi connectivity index (χ0) is 16.2. The molecule has 23 heavy (non-hydrogen) atoms. The molecule has 3 nitrogen and oxygen atoms in total. The number of nitrogens with one attached hydrogen (secondary N) is 1. The zero-order valence-corrected chi connectivity index (χ0v) is 14.3. The van der Waals surface area contributed by atoms with Crippen molar-refractivity contribution in [3.63, 3.8) is 0 Å². The summed E-state index contributed by atoms with van der Waals surface area (Å²) in [7, 11) is 1.60. The van der Waals surface area contributed by atoms with E-state index in [0.717, 1.165) is 20.9 Å². The van der Waals surface area contributed by atoms with Gasteiger partial charge < -0.3 is 10.1 Å². The molecule has 0 aliphatic carbocycles. The van der Waals surface area contributed by atoms with E-state index in [1.165, 1.54) is 0 Å². The van der Waals surface area contributed by atoms with Crippen LogP contribution in [-0.4, -0.2) is 19.4 Å². The van der Waals surface area contributed by atoms with Crippen LogP contribution in [0.4, 0.5) is 5.69 Å². The Morgan fingerprint density at radius 3 is 2.65 bits per heavy atom. The molecule has 0 radical (unpaired) electrons. The third kappa shape index (κ3) is 3.37. The number of ketones is 1. The molecule has 0 aliphatic heterocycles. The van der Waals surface area contributed by atoms with Crippen molar-refractivity contribution in [1.29, 1.82) is 0 Å². The Hall–Kier alpha value is -2.33. The molecule has 3 aromatic rings. The maximum Gasteiger partial charge on any atom is 0.181 e. The number of benzene rings is 3. The molecule has 0 atom stereocenters. The number of methoxy groups -OCH3 is 1. The number of anilines is 1. The monoisotopic (exact) mass is 369 g/mol. The lowest BCUT2D eigenvalue weighted by atomic mass is 10.1. The van der Waals surface area contributed by atoms with Crippen molar-refractivity contribution in [2.45, 2.75) is 0 Å². The third-order valence-corrected chi connectivity index (χ3v) is 4.32. The molecule has 0 saturated heterocycles. The molecule has 0 unspecified atom stereocenters. The van der Waals surface area contributed by atoms with Crippen LogP contribution < -0.4 is 10.1 Å². The van der Waals surface area contributed by atoms with Crippen molar-refractivity contribution in [3.8, 4) is 5.75 Å². The number of hydrogen-bond donors (Lipinski definition) is 1. The van der Waals surface area contributed by atoms with Crippen LogP contribution in [0.5, 0.6) is 5.75 Å². The van der Waals surface area contributed by atoms with Gasteiger partial charge in [0, 0.05) is 16.6 Å². The summed E-state index contributed by atoms with van der Waals surface area (Å²) in [5.74, 6) is 0.741. The van der Waals surface area contributed by atoms with E-state index in [1.54, 1.807) is 25.3 Å². The molecule has 1 N–H and O–H groups in total. The van der Waals surface area contributed by atoms with Gasteiger partial charge in [0.1, 0.15) is 5.75 Å². The van der Waals surface area contributed by atoms with Gasteiger partial charge in [-0.1, -0.05) is 36.4 Å². The Bertz CT molecular complexity index is 856. The van der Waals surface area contributed by atoms with Crippen LogP contribution in [0.2, 0.25) is 0 Å². The van der Waals surface area contributed by atoms with Crippen LogP contribution in [-0.2, 0) is 0 Å². The zero-order valence-electron chi connectivity index (χ0n) is 12.7. The first-order chi connectivity index (χ1) is 11.2. The molecule has 0 spiro atoms. The van der Waals surface area contributed by atoms with Gasteiger partial charge in [0.2, 0.25) is 0 Å². The number of ether oxygens (including phenoxy) is 1. The highest BCUT2D eigenvalue weighted by Gasteiger charge is 2.09. The van der Waals surface area contributed by atoms with Gasteiger partial charge in [0.05, 0.1) is 18.1 Å². The van der Waals surface area contributed by atoms with Gasteiger partial charge in [0.25, 0.3) is 0 Å². The first-order valence-electron chi connectivity index (χ1n) is 7.27. The average molecular weight is 370 g/mol. The largest absolute Gasteiger partial charge is 0.496 e. The topological polar surface area (TPSA) is 38.3 Å². The Balaban J connectivity index is 1.77. The molecule has 0 saturated carbocycles. The summed E-state index contributed by atoms with van der Waals surface area (Å²) < 4.78 is 5.96. The van der Waals surface area contributed by atoms with E-state index in [9.17, 15) is 4.79 Å². The standard InChI is InChI=1S/C19H16BrNO2/c1-23-19-10-9-14(11-16(19)20)18(22)12-21-17-8-4-6-13-5-2-3-7-15(13)17/h2-11,21H,12H2,1H3. The van der Waals surface area contributed by atoms with Crippen molar-refractivity contribution in [2.75, 3.05) is 19.0 Å². The molecule has 0 aromatic heterocycles. The van der Waals surface area contributed by atoms with Gasteiger partial charge in [-0.2, -0.15) is 0 Å². The number of halogens is 1. The van der Waals surface area contributed by atoms with E-state index in [0.29, 0.717) is 11.3 Å². The fraction of sp³-hybridized carbons (Fsp3) is 0.105. The summed E-state index contributed by atoms with van der Waals surface area (Å²) in [5, 5.41) is 5.50. The first-order valence-corrected chi connectivity index (χ1v) is 8.06. The van der Waals surface area contributed by atoms with Gasteiger partial charge in [-0.15, -0.1) is 0 Å². The highest BCUT2D eigenvalue weighted by Crippen LogP contribution is 2.26. The van der Waals surface area contributed by atoms with Crippen LogP contribution >= 0.6 is 15.9 Å². The highest BCUT2D eigenvalue weighted by atomic mass is 79.9. The van der Waals surface area contributed by atoms with Gasteiger partial charge in [-0.05, 0) is 45.6 Å². The maximum atomic E-state index is 12.4. The fourth-order valence-electron chi connectivity index (χ4n) is 2.50. The predicted octanol–water partition coefficient (Wildman–Crippen LogP) is 4.91. The molecule has 4 heteroatoms. The van der Waals surface area contributed by atoms with Crippen LogP contribution in [0.15, 0.2) is 65.1 Å². The second-order valence-corrected chi connectivity index (χ2v) is 6.01. The van der Waals surface area contributed by atoms with E-state index in [2.05, 4.69) is 33.4 Å². The van der Waals surface area contributed by atoms with E-state index < -0.39 is 0 Å². The summed E-state index contributed by atoms with van der Waals surface area (Å²) >= 11 is 3.41. The quantitative estimate of drug-likeness (QED) is 0.649. The minimum atomic E-state index is 0.0290. The number of Topliss-reactive ketones (excluding diaryl/α,β-unsaturated/α-hetero) is 1. The summed E-state index contributed by atoms with van der Waals surface area (Å²) in [6.07, 6.45) is 0. The Kier molecular flexibility index (Phi) is 4.63.